The van der Waals surface area contributed by atoms with Gasteiger partial charge in [0.05, 0.1) is 7.11 Å². The van der Waals surface area contributed by atoms with Crippen LogP contribution in [0.3, 0.4) is 0 Å². The van der Waals surface area contributed by atoms with Crippen molar-refractivity contribution < 1.29 is 24.5 Å². The minimum atomic E-state index is -1.94. The van der Waals surface area contributed by atoms with Crippen molar-refractivity contribution in [1.82, 2.24) is 0 Å². The molecule has 0 saturated heterocycles. The summed E-state index contributed by atoms with van der Waals surface area (Å²) in [7, 11) is 1.16. The number of aliphatic hydroxyl groups is 2. The topological polar surface area (TPSA) is 83.8 Å². The number of ether oxygens (including phenoxy) is 1. The summed E-state index contributed by atoms with van der Waals surface area (Å²) in [5.74, 6) is -2.85. The first-order valence-electron chi connectivity index (χ1n) is 3.76. The second-order valence-corrected chi connectivity index (χ2v) is 4.00. The zero-order valence-corrected chi connectivity index (χ0v) is 9.16. The lowest BCUT2D eigenvalue weighted by Gasteiger charge is -2.30. The molecule has 2 atom stereocenters. The van der Waals surface area contributed by atoms with Crippen molar-refractivity contribution in [1.29, 1.82) is 0 Å². The molecule has 0 aliphatic heterocycles. The Labute approximate surface area is 88.5 Å². The minimum Gasteiger partial charge on any atom is -0.502 e. The predicted octanol–water partition coefficient (Wildman–Crippen LogP) is 0.0687. The van der Waals surface area contributed by atoms with E-state index >= 15 is 0 Å². The Kier molecular flexibility index (Phi) is 2.69. The van der Waals surface area contributed by atoms with E-state index in [9.17, 15) is 19.8 Å². The zero-order valence-electron chi connectivity index (χ0n) is 7.57. The van der Waals surface area contributed by atoms with Gasteiger partial charge in [-0.2, -0.15) is 0 Å². The Bertz CT molecular complexity index is 331. The van der Waals surface area contributed by atoms with Gasteiger partial charge in [-0.15, -0.1) is 0 Å². The van der Waals surface area contributed by atoms with Crippen molar-refractivity contribution in [2.45, 2.75) is 17.4 Å². The second kappa shape index (κ2) is 3.36. The van der Waals surface area contributed by atoms with E-state index in [0.29, 0.717) is 0 Å². The lowest BCUT2D eigenvalue weighted by Crippen LogP contribution is -2.52. The molecule has 0 unspecified atom stereocenters. The van der Waals surface area contributed by atoms with Gasteiger partial charge in [0.25, 0.3) is 0 Å². The number of methoxy groups -OCH3 is 1. The maximum Gasteiger partial charge on any atom is 0.233 e. The van der Waals surface area contributed by atoms with Crippen LogP contribution in [0, 0.1) is 0 Å². The number of hydrogen-bond acceptors (Lipinski definition) is 5. The van der Waals surface area contributed by atoms with E-state index in [2.05, 4.69) is 20.7 Å². The summed E-state index contributed by atoms with van der Waals surface area (Å²) in [6.45, 7) is 1.15. The SMILES string of the molecule is COC1=C(O)C(=O)[C@](C)(O)[C@H](Br)C1=O. The molecule has 0 heterocycles. The van der Waals surface area contributed by atoms with Crippen LogP contribution in [-0.4, -0.2) is 39.3 Å². The number of aliphatic hydroxyl groups excluding tert-OH is 1. The fourth-order valence-electron chi connectivity index (χ4n) is 1.14. The van der Waals surface area contributed by atoms with Crippen molar-refractivity contribution >= 4 is 27.5 Å². The number of allylic oxidation sites excluding steroid dienone is 1. The first kappa shape index (κ1) is 11.2. The van der Waals surface area contributed by atoms with Gasteiger partial charge in [-0.1, -0.05) is 15.9 Å². The van der Waals surface area contributed by atoms with Crippen LogP contribution in [0.1, 0.15) is 6.92 Å². The van der Waals surface area contributed by atoms with Crippen LogP contribution in [0.15, 0.2) is 11.5 Å². The summed E-state index contributed by atoms with van der Waals surface area (Å²) < 4.78 is 4.57. The fourth-order valence-corrected chi connectivity index (χ4v) is 1.56. The third-order valence-electron chi connectivity index (χ3n) is 2.04. The molecule has 2 N–H and O–H groups in total. The Hall–Kier alpha value is -0.880. The minimum absolute atomic E-state index is 0.427. The number of alkyl halides is 1. The van der Waals surface area contributed by atoms with E-state index in [1.807, 2.05) is 0 Å². The average molecular weight is 265 g/mol. The van der Waals surface area contributed by atoms with Crippen LogP contribution in [0.2, 0.25) is 0 Å². The number of ketones is 2. The Balaban J connectivity index is 3.31. The average Bonchev–Trinajstić information content (AvgIpc) is 2.14. The van der Waals surface area contributed by atoms with Crippen LogP contribution >= 0.6 is 15.9 Å². The van der Waals surface area contributed by atoms with Crippen molar-refractivity contribution in [3.05, 3.63) is 11.5 Å². The molecule has 0 amide bonds. The van der Waals surface area contributed by atoms with Gasteiger partial charge in [-0.25, -0.2) is 0 Å². The summed E-state index contributed by atoms with van der Waals surface area (Å²) in [5, 5.41) is 18.9. The quantitative estimate of drug-likeness (QED) is 0.655. The molecule has 14 heavy (non-hydrogen) atoms. The number of hydrogen-bond donors (Lipinski definition) is 2. The molecule has 0 fully saturated rings. The van der Waals surface area contributed by atoms with E-state index in [4.69, 9.17) is 0 Å². The second-order valence-electron chi connectivity index (χ2n) is 3.09. The van der Waals surface area contributed by atoms with E-state index in [1.165, 1.54) is 0 Å². The molecule has 6 heteroatoms. The molecular weight excluding hydrogens is 256 g/mol. The van der Waals surface area contributed by atoms with E-state index < -0.39 is 33.5 Å². The lowest BCUT2D eigenvalue weighted by atomic mass is 9.87. The summed E-state index contributed by atoms with van der Waals surface area (Å²) in [6, 6.07) is 0. The summed E-state index contributed by atoms with van der Waals surface area (Å²) in [5.41, 5.74) is -1.94. The number of Topliss-reactive ketones (excluding diaryl/α,β-unsaturated/α-hetero) is 2. The highest BCUT2D eigenvalue weighted by molar-refractivity contribution is 9.10. The highest BCUT2D eigenvalue weighted by Crippen LogP contribution is 2.31. The van der Waals surface area contributed by atoms with Gasteiger partial charge in [-0.3, -0.25) is 9.59 Å². The molecule has 78 valence electrons. The summed E-state index contributed by atoms with van der Waals surface area (Å²) in [6.07, 6.45) is 0. The molecule has 5 nitrogen and oxygen atoms in total. The van der Waals surface area contributed by atoms with Crippen molar-refractivity contribution in [2.24, 2.45) is 0 Å². The van der Waals surface area contributed by atoms with Crippen LogP contribution in [0.25, 0.3) is 0 Å². The highest BCUT2D eigenvalue weighted by atomic mass is 79.9. The number of carbonyl (C=O) groups is 2. The van der Waals surface area contributed by atoms with Crippen LogP contribution < -0.4 is 0 Å². The third-order valence-corrected chi connectivity index (χ3v) is 3.35. The Morgan fingerprint density at radius 2 is 2.00 bits per heavy atom. The third kappa shape index (κ3) is 1.34. The largest absolute Gasteiger partial charge is 0.502 e. The van der Waals surface area contributed by atoms with Crippen molar-refractivity contribution in [3.63, 3.8) is 0 Å². The van der Waals surface area contributed by atoms with Gasteiger partial charge in [0.15, 0.2) is 0 Å². The van der Waals surface area contributed by atoms with E-state index in [0.717, 1.165) is 14.0 Å². The predicted molar refractivity (Wildman–Crippen MR) is 50.0 cm³/mol. The first-order valence-corrected chi connectivity index (χ1v) is 4.68. The molecule has 0 aromatic carbocycles. The fraction of sp³-hybridized carbons (Fsp3) is 0.500. The Morgan fingerprint density at radius 3 is 2.43 bits per heavy atom. The molecule has 0 radical (unpaired) electrons. The molecule has 0 aromatic rings. The standard InChI is InChI=1S/C8H9BrO5/c1-8(13)6(9)3(10)5(14-2)4(11)7(8)12/h6,11,13H,1-2H3/t6-,8-/m1/s1. The molecule has 1 rings (SSSR count). The number of carbonyl (C=O) groups excluding carboxylic acids is 2. The number of rotatable bonds is 1. The van der Waals surface area contributed by atoms with Gasteiger partial charge in [0.2, 0.25) is 23.1 Å². The molecule has 0 aromatic heterocycles. The zero-order chi connectivity index (χ0) is 11.1. The molecule has 0 bridgehead atoms. The first-order chi connectivity index (χ1) is 6.34. The van der Waals surface area contributed by atoms with Gasteiger partial charge >= 0.3 is 0 Å². The maximum atomic E-state index is 11.4. The summed E-state index contributed by atoms with van der Waals surface area (Å²) in [4.78, 5) is 21.7. The number of halogens is 1. The Morgan fingerprint density at radius 1 is 1.50 bits per heavy atom. The van der Waals surface area contributed by atoms with Crippen LogP contribution in [-0.2, 0) is 14.3 Å². The molecule has 0 saturated carbocycles. The van der Waals surface area contributed by atoms with Gasteiger partial charge < -0.3 is 14.9 Å². The van der Waals surface area contributed by atoms with Crippen LogP contribution in [0.5, 0.6) is 0 Å². The summed E-state index contributed by atoms with van der Waals surface area (Å²) >= 11 is 2.88. The normalized spacial score (nSPS) is 33.6. The molecular formula is C8H9BrO5. The van der Waals surface area contributed by atoms with Crippen molar-refractivity contribution in [2.75, 3.05) is 7.11 Å². The van der Waals surface area contributed by atoms with E-state index in [1.54, 1.807) is 0 Å². The van der Waals surface area contributed by atoms with E-state index in [-0.39, 0.29) is 0 Å². The highest BCUT2D eigenvalue weighted by Gasteiger charge is 2.51. The smallest absolute Gasteiger partial charge is 0.233 e. The molecule has 1 aliphatic rings. The van der Waals surface area contributed by atoms with Gasteiger partial charge in [0.1, 0.15) is 10.4 Å². The molecule has 0 spiro atoms. The van der Waals surface area contributed by atoms with Crippen molar-refractivity contribution in [3.8, 4) is 0 Å². The molecule has 1 aliphatic carbocycles. The van der Waals surface area contributed by atoms with Gasteiger partial charge in [-0.05, 0) is 6.92 Å². The maximum absolute atomic E-state index is 11.4. The van der Waals surface area contributed by atoms with Gasteiger partial charge in [0, 0.05) is 0 Å². The van der Waals surface area contributed by atoms with Crippen LogP contribution in [0.4, 0.5) is 0 Å². The monoisotopic (exact) mass is 264 g/mol. The lowest BCUT2D eigenvalue weighted by molar-refractivity contribution is -0.142.